The predicted molar refractivity (Wildman–Crippen MR) is 105 cm³/mol. The number of nitrogens with zero attached hydrogens (tertiary/aromatic N) is 2. The number of unbranched alkanes of at least 4 members (excludes halogenated alkanes) is 5. The molecule has 138 valence electrons. The monoisotopic (exact) mass is 352 g/mol. The van der Waals surface area contributed by atoms with Gasteiger partial charge < -0.3 is 4.74 Å². The van der Waals surface area contributed by atoms with Crippen LogP contribution >= 0.6 is 0 Å². The normalized spacial score (nSPS) is 11.0. The van der Waals surface area contributed by atoms with Crippen LogP contribution in [0.2, 0.25) is 0 Å². The van der Waals surface area contributed by atoms with Gasteiger partial charge in [0.2, 0.25) is 0 Å². The zero-order chi connectivity index (χ0) is 18.6. The highest BCUT2D eigenvalue weighted by Crippen LogP contribution is 2.18. The fraction of sp³-hybridized carbons (Fsp3) is 0.409. The standard InChI is InChI=1S/C22H28N2O2/c1-3-5-6-7-8-9-11-18-12-14-19(15-13-18)22-23-16-20(17-24-22)26-21(25)10-4-2/h4,10,12-17H,3,5-9,11H2,1-2H3/b10-4+. The summed E-state index contributed by atoms with van der Waals surface area (Å²) in [6.07, 6.45) is 15.0. The summed E-state index contributed by atoms with van der Waals surface area (Å²) in [5.41, 5.74) is 2.31. The second kappa shape index (κ2) is 11.2. The van der Waals surface area contributed by atoms with E-state index in [0.29, 0.717) is 11.6 Å². The second-order valence-corrected chi connectivity index (χ2v) is 6.38. The van der Waals surface area contributed by atoms with Crippen molar-refractivity contribution in [3.05, 3.63) is 54.4 Å². The number of hydrogen-bond acceptors (Lipinski definition) is 4. The summed E-state index contributed by atoms with van der Waals surface area (Å²) in [6.45, 7) is 4.01. The highest BCUT2D eigenvalue weighted by atomic mass is 16.5. The lowest BCUT2D eigenvalue weighted by atomic mass is 10.0. The van der Waals surface area contributed by atoms with Crippen molar-refractivity contribution < 1.29 is 9.53 Å². The molecule has 4 heteroatoms. The third-order valence-corrected chi connectivity index (χ3v) is 4.18. The molecule has 0 aliphatic carbocycles. The maximum Gasteiger partial charge on any atom is 0.335 e. The highest BCUT2D eigenvalue weighted by molar-refractivity contribution is 5.83. The molecular weight excluding hydrogens is 324 g/mol. The molecule has 1 aromatic carbocycles. The van der Waals surface area contributed by atoms with E-state index >= 15 is 0 Å². The third-order valence-electron chi connectivity index (χ3n) is 4.18. The molecule has 4 nitrogen and oxygen atoms in total. The smallest absolute Gasteiger partial charge is 0.335 e. The quantitative estimate of drug-likeness (QED) is 0.320. The summed E-state index contributed by atoms with van der Waals surface area (Å²) in [6, 6.07) is 8.38. The van der Waals surface area contributed by atoms with Crippen molar-refractivity contribution in [1.82, 2.24) is 9.97 Å². The molecule has 0 radical (unpaired) electrons. The Morgan fingerprint density at radius 3 is 2.31 bits per heavy atom. The average Bonchev–Trinajstić information content (AvgIpc) is 2.66. The zero-order valence-corrected chi connectivity index (χ0v) is 15.8. The van der Waals surface area contributed by atoms with Crippen LogP contribution in [0.4, 0.5) is 0 Å². The lowest BCUT2D eigenvalue weighted by Gasteiger charge is -2.05. The van der Waals surface area contributed by atoms with Crippen molar-refractivity contribution in [2.24, 2.45) is 0 Å². The molecule has 0 aliphatic rings. The van der Waals surface area contributed by atoms with Gasteiger partial charge in [-0.3, -0.25) is 0 Å². The van der Waals surface area contributed by atoms with Crippen LogP contribution in [0.25, 0.3) is 11.4 Å². The van der Waals surface area contributed by atoms with Gasteiger partial charge >= 0.3 is 5.97 Å². The summed E-state index contributed by atoms with van der Waals surface area (Å²) in [4.78, 5) is 20.0. The van der Waals surface area contributed by atoms with Gasteiger partial charge in [-0.05, 0) is 25.3 Å². The van der Waals surface area contributed by atoms with Crippen molar-refractivity contribution in [2.45, 2.75) is 58.8 Å². The van der Waals surface area contributed by atoms with Gasteiger partial charge in [0.05, 0.1) is 12.4 Å². The molecule has 0 aliphatic heterocycles. The molecule has 26 heavy (non-hydrogen) atoms. The predicted octanol–water partition coefficient (Wildman–Crippen LogP) is 5.53. The number of hydrogen-bond donors (Lipinski definition) is 0. The lowest BCUT2D eigenvalue weighted by molar-refractivity contribution is -0.129. The van der Waals surface area contributed by atoms with Crippen molar-refractivity contribution in [3.8, 4) is 17.1 Å². The first-order valence-corrected chi connectivity index (χ1v) is 9.48. The third kappa shape index (κ3) is 6.79. The van der Waals surface area contributed by atoms with Crippen LogP contribution in [0.3, 0.4) is 0 Å². The van der Waals surface area contributed by atoms with E-state index in [1.165, 1.54) is 62.6 Å². The van der Waals surface area contributed by atoms with Crippen LogP contribution in [-0.2, 0) is 11.2 Å². The fourth-order valence-electron chi connectivity index (χ4n) is 2.73. The Balaban J connectivity index is 1.84. The van der Waals surface area contributed by atoms with Crippen molar-refractivity contribution in [1.29, 1.82) is 0 Å². The molecule has 0 saturated carbocycles. The molecule has 2 aromatic rings. The number of carbonyl (C=O) groups is 1. The summed E-state index contributed by atoms with van der Waals surface area (Å²) in [7, 11) is 0. The summed E-state index contributed by atoms with van der Waals surface area (Å²) in [5, 5.41) is 0. The molecule has 0 atom stereocenters. The Hall–Kier alpha value is -2.49. The minimum absolute atomic E-state index is 0.344. The molecule has 1 heterocycles. The molecule has 1 aromatic heterocycles. The minimum atomic E-state index is -0.428. The zero-order valence-electron chi connectivity index (χ0n) is 15.8. The maximum atomic E-state index is 11.4. The van der Waals surface area contributed by atoms with Crippen molar-refractivity contribution >= 4 is 5.97 Å². The summed E-state index contributed by atoms with van der Waals surface area (Å²) < 4.78 is 5.09. The maximum absolute atomic E-state index is 11.4. The van der Waals surface area contributed by atoms with Crippen LogP contribution in [0.15, 0.2) is 48.8 Å². The molecular formula is C22H28N2O2. The molecule has 0 saturated heterocycles. The number of carbonyl (C=O) groups excluding carboxylic acids is 1. The number of benzene rings is 1. The Bertz CT molecular complexity index is 691. The molecule has 0 amide bonds. The summed E-state index contributed by atoms with van der Waals surface area (Å²) >= 11 is 0. The lowest BCUT2D eigenvalue weighted by Crippen LogP contribution is -2.04. The average molecular weight is 352 g/mol. The number of aromatic nitrogens is 2. The highest BCUT2D eigenvalue weighted by Gasteiger charge is 2.05. The van der Waals surface area contributed by atoms with E-state index in [1.54, 1.807) is 13.0 Å². The second-order valence-electron chi connectivity index (χ2n) is 6.38. The van der Waals surface area contributed by atoms with Gasteiger partial charge in [0, 0.05) is 11.6 Å². The van der Waals surface area contributed by atoms with E-state index in [4.69, 9.17) is 4.74 Å². The van der Waals surface area contributed by atoms with Crippen LogP contribution < -0.4 is 4.74 Å². The largest absolute Gasteiger partial charge is 0.420 e. The number of rotatable bonds is 10. The Morgan fingerprint density at radius 2 is 1.65 bits per heavy atom. The van der Waals surface area contributed by atoms with Crippen LogP contribution in [0.5, 0.6) is 5.75 Å². The van der Waals surface area contributed by atoms with Crippen LogP contribution in [0, 0.1) is 0 Å². The van der Waals surface area contributed by atoms with Crippen LogP contribution in [-0.4, -0.2) is 15.9 Å². The van der Waals surface area contributed by atoms with Gasteiger partial charge in [-0.1, -0.05) is 69.4 Å². The molecule has 0 spiro atoms. The Morgan fingerprint density at radius 1 is 1.00 bits per heavy atom. The van der Waals surface area contributed by atoms with E-state index in [0.717, 1.165) is 12.0 Å². The number of allylic oxidation sites excluding steroid dienone is 1. The molecule has 0 unspecified atom stereocenters. The molecule has 0 bridgehead atoms. The van der Waals surface area contributed by atoms with E-state index in [-0.39, 0.29) is 0 Å². The number of aryl methyl sites for hydroxylation is 1. The first-order valence-electron chi connectivity index (χ1n) is 9.48. The molecule has 2 rings (SSSR count). The first kappa shape index (κ1) is 19.8. The van der Waals surface area contributed by atoms with E-state index < -0.39 is 5.97 Å². The fourth-order valence-corrected chi connectivity index (χ4v) is 2.73. The van der Waals surface area contributed by atoms with Gasteiger partial charge in [0.1, 0.15) is 0 Å². The first-order chi connectivity index (χ1) is 12.7. The minimum Gasteiger partial charge on any atom is -0.420 e. The summed E-state index contributed by atoms with van der Waals surface area (Å²) in [5.74, 6) is 0.543. The van der Waals surface area contributed by atoms with E-state index in [9.17, 15) is 4.79 Å². The van der Waals surface area contributed by atoms with Crippen molar-refractivity contribution in [3.63, 3.8) is 0 Å². The van der Waals surface area contributed by atoms with Gasteiger partial charge in [-0.25, -0.2) is 14.8 Å². The van der Waals surface area contributed by atoms with E-state index in [2.05, 4.69) is 29.0 Å². The van der Waals surface area contributed by atoms with Gasteiger partial charge in [0.25, 0.3) is 0 Å². The molecule has 0 N–H and O–H groups in total. The number of ether oxygens (including phenoxy) is 1. The van der Waals surface area contributed by atoms with Gasteiger partial charge in [0.15, 0.2) is 11.6 Å². The molecule has 0 fully saturated rings. The van der Waals surface area contributed by atoms with Crippen molar-refractivity contribution in [2.75, 3.05) is 0 Å². The number of esters is 1. The van der Waals surface area contributed by atoms with Gasteiger partial charge in [-0.2, -0.15) is 0 Å². The van der Waals surface area contributed by atoms with E-state index in [1.807, 2.05) is 12.1 Å². The Kier molecular flexibility index (Phi) is 8.53. The van der Waals surface area contributed by atoms with Gasteiger partial charge in [-0.15, -0.1) is 0 Å². The van der Waals surface area contributed by atoms with Crippen LogP contribution in [0.1, 0.15) is 57.9 Å². The Labute approximate surface area is 156 Å². The SMILES string of the molecule is C/C=C/C(=O)Oc1cnc(-c2ccc(CCCCCCCC)cc2)nc1. The topological polar surface area (TPSA) is 52.1 Å².